The van der Waals surface area contributed by atoms with Crippen molar-refractivity contribution in [3.63, 3.8) is 0 Å². The van der Waals surface area contributed by atoms with E-state index in [0.717, 1.165) is 43.9 Å². The van der Waals surface area contributed by atoms with E-state index in [2.05, 4.69) is 31.2 Å². The van der Waals surface area contributed by atoms with E-state index in [4.69, 9.17) is 8.83 Å². The summed E-state index contributed by atoms with van der Waals surface area (Å²) < 4.78 is 12.0. The van der Waals surface area contributed by atoms with Crippen LogP contribution < -0.4 is 0 Å². The highest BCUT2D eigenvalue weighted by Gasteiger charge is 2.15. The first-order valence-electron chi connectivity index (χ1n) is 7.04. The summed E-state index contributed by atoms with van der Waals surface area (Å²) in [5.41, 5.74) is 4.88. The van der Waals surface area contributed by atoms with Gasteiger partial charge in [0, 0.05) is 21.5 Å². The molecule has 100 valence electrons. The van der Waals surface area contributed by atoms with Gasteiger partial charge < -0.3 is 8.83 Å². The van der Waals surface area contributed by atoms with Crippen LogP contribution in [0.5, 0.6) is 0 Å². The molecule has 0 saturated carbocycles. The molecule has 0 saturated heterocycles. The van der Waals surface area contributed by atoms with Gasteiger partial charge in [-0.05, 0) is 36.8 Å². The van der Waals surface area contributed by atoms with E-state index >= 15 is 0 Å². The van der Waals surface area contributed by atoms with Gasteiger partial charge in [0.1, 0.15) is 22.3 Å². The highest BCUT2D eigenvalue weighted by molar-refractivity contribution is 6.25. The van der Waals surface area contributed by atoms with Gasteiger partial charge in [-0.3, -0.25) is 0 Å². The van der Waals surface area contributed by atoms with Gasteiger partial charge in [-0.15, -0.1) is 0 Å². The van der Waals surface area contributed by atoms with E-state index in [9.17, 15) is 0 Å². The van der Waals surface area contributed by atoms with Crippen LogP contribution in [0.3, 0.4) is 0 Å². The molecule has 0 bridgehead atoms. The molecule has 5 aromatic rings. The molecule has 2 nitrogen and oxygen atoms in total. The van der Waals surface area contributed by atoms with Crippen molar-refractivity contribution in [3.05, 3.63) is 60.2 Å². The lowest BCUT2D eigenvalue weighted by Gasteiger charge is -1.94. The monoisotopic (exact) mass is 272 g/mol. The first-order valence-corrected chi connectivity index (χ1v) is 7.04. The average molecular weight is 272 g/mol. The Morgan fingerprint density at radius 2 is 1.29 bits per heavy atom. The van der Waals surface area contributed by atoms with Gasteiger partial charge in [-0.1, -0.05) is 30.3 Å². The summed E-state index contributed by atoms with van der Waals surface area (Å²) in [5.74, 6) is 0. The summed E-state index contributed by atoms with van der Waals surface area (Å²) in [6.45, 7) is 2.08. The molecule has 0 amide bonds. The number of aryl methyl sites for hydroxylation is 1. The van der Waals surface area contributed by atoms with Gasteiger partial charge in [0.2, 0.25) is 0 Å². The molecule has 5 rings (SSSR count). The minimum atomic E-state index is 0.909. The second-order valence-corrected chi connectivity index (χ2v) is 5.51. The number of fused-ring (bicyclic) bond motifs is 7. The third kappa shape index (κ3) is 1.37. The van der Waals surface area contributed by atoms with Crippen LogP contribution >= 0.6 is 0 Å². The standard InChI is InChI=1S/C19H12O2/c1-11-6-7-13-17(10-11)21-16-9-8-15-18(19(13)16)12-4-2-3-5-14(12)20-15/h2-10H,1H3. The van der Waals surface area contributed by atoms with Crippen LogP contribution in [0.15, 0.2) is 63.4 Å². The molecular weight excluding hydrogens is 260 g/mol. The number of benzene rings is 3. The van der Waals surface area contributed by atoms with E-state index in [-0.39, 0.29) is 0 Å². The van der Waals surface area contributed by atoms with E-state index in [1.165, 1.54) is 5.56 Å². The lowest BCUT2D eigenvalue weighted by molar-refractivity contribution is 0.662. The molecule has 2 heteroatoms. The van der Waals surface area contributed by atoms with Crippen molar-refractivity contribution in [3.8, 4) is 0 Å². The molecule has 0 aliphatic carbocycles. The van der Waals surface area contributed by atoms with Gasteiger partial charge in [0.05, 0.1) is 0 Å². The maximum absolute atomic E-state index is 6.02. The molecule has 0 unspecified atom stereocenters. The lowest BCUT2D eigenvalue weighted by atomic mass is 10.0. The minimum absolute atomic E-state index is 0.909. The normalized spacial score (nSPS) is 12.0. The smallest absolute Gasteiger partial charge is 0.136 e. The SMILES string of the molecule is Cc1ccc2c(c1)oc1ccc3oc4ccccc4c3c12. The zero-order valence-corrected chi connectivity index (χ0v) is 11.5. The Morgan fingerprint density at radius 3 is 2.10 bits per heavy atom. The molecule has 2 aromatic heterocycles. The lowest BCUT2D eigenvalue weighted by Crippen LogP contribution is -1.72. The molecule has 0 N–H and O–H groups in total. The van der Waals surface area contributed by atoms with Crippen LogP contribution in [0.2, 0.25) is 0 Å². The summed E-state index contributed by atoms with van der Waals surface area (Å²) >= 11 is 0. The fourth-order valence-electron chi connectivity index (χ4n) is 3.19. The Balaban J connectivity index is 2.14. The van der Waals surface area contributed by atoms with Crippen LogP contribution in [0.25, 0.3) is 43.9 Å². The Labute approximate surface area is 120 Å². The van der Waals surface area contributed by atoms with E-state index < -0.39 is 0 Å². The molecular formula is C19H12O2. The van der Waals surface area contributed by atoms with Crippen LogP contribution in [-0.2, 0) is 0 Å². The Bertz CT molecular complexity index is 1140. The van der Waals surface area contributed by atoms with Gasteiger partial charge in [0.15, 0.2) is 0 Å². The average Bonchev–Trinajstić information content (AvgIpc) is 3.03. The van der Waals surface area contributed by atoms with E-state index in [1.807, 2.05) is 30.3 Å². The zero-order valence-electron chi connectivity index (χ0n) is 11.5. The Hall–Kier alpha value is -2.74. The number of hydrogen-bond donors (Lipinski definition) is 0. The van der Waals surface area contributed by atoms with Gasteiger partial charge >= 0.3 is 0 Å². The zero-order chi connectivity index (χ0) is 14.0. The van der Waals surface area contributed by atoms with Crippen molar-refractivity contribution in [1.29, 1.82) is 0 Å². The number of hydrogen-bond acceptors (Lipinski definition) is 2. The summed E-state index contributed by atoms with van der Waals surface area (Å²) in [4.78, 5) is 0. The van der Waals surface area contributed by atoms with Crippen molar-refractivity contribution in [2.45, 2.75) is 6.92 Å². The molecule has 0 radical (unpaired) electrons. The van der Waals surface area contributed by atoms with Gasteiger partial charge in [0.25, 0.3) is 0 Å². The van der Waals surface area contributed by atoms with Crippen LogP contribution in [0.4, 0.5) is 0 Å². The first kappa shape index (κ1) is 11.0. The molecule has 0 fully saturated rings. The maximum atomic E-state index is 6.02. The maximum Gasteiger partial charge on any atom is 0.136 e. The molecule has 3 aromatic carbocycles. The predicted molar refractivity (Wildman–Crippen MR) is 85.7 cm³/mol. The first-order chi connectivity index (χ1) is 10.3. The van der Waals surface area contributed by atoms with Crippen LogP contribution in [-0.4, -0.2) is 0 Å². The second-order valence-electron chi connectivity index (χ2n) is 5.51. The quantitative estimate of drug-likeness (QED) is 0.356. The van der Waals surface area contributed by atoms with Crippen molar-refractivity contribution < 1.29 is 8.83 Å². The highest BCUT2D eigenvalue weighted by Crippen LogP contribution is 2.39. The minimum Gasteiger partial charge on any atom is -0.456 e. The summed E-state index contributed by atoms with van der Waals surface area (Å²) in [5, 5.41) is 4.58. The van der Waals surface area contributed by atoms with Crippen molar-refractivity contribution in [2.24, 2.45) is 0 Å². The summed E-state index contributed by atoms with van der Waals surface area (Å²) in [6.07, 6.45) is 0. The Kier molecular flexibility index (Phi) is 1.92. The van der Waals surface area contributed by atoms with Crippen LogP contribution in [0, 0.1) is 6.92 Å². The number of para-hydroxylation sites is 1. The van der Waals surface area contributed by atoms with Crippen LogP contribution in [0.1, 0.15) is 5.56 Å². The molecule has 0 spiro atoms. The summed E-state index contributed by atoms with van der Waals surface area (Å²) in [6, 6.07) is 18.5. The Morgan fingerprint density at radius 1 is 0.619 bits per heavy atom. The largest absolute Gasteiger partial charge is 0.456 e. The molecule has 0 atom stereocenters. The van der Waals surface area contributed by atoms with Crippen molar-refractivity contribution in [1.82, 2.24) is 0 Å². The number of furan rings is 2. The molecule has 0 aliphatic rings. The highest BCUT2D eigenvalue weighted by atomic mass is 16.3. The third-order valence-electron chi connectivity index (χ3n) is 4.13. The van der Waals surface area contributed by atoms with Gasteiger partial charge in [-0.25, -0.2) is 0 Å². The predicted octanol–water partition coefficient (Wildman–Crippen LogP) is 5.79. The second kappa shape index (κ2) is 3.67. The molecule has 2 heterocycles. The molecule has 0 aliphatic heterocycles. The van der Waals surface area contributed by atoms with Crippen molar-refractivity contribution >= 4 is 43.9 Å². The number of rotatable bonds is 0. The van der Waals surface area contributed by atoms with Gasteiger partial charge in [-0.2, -0.15) is 0 Å². The topological polar surface area (TPSA) is 26.3 Å². The summed E-state index contributed by atoms with van der Waals surface area (Å²) in [7, 11) is 0. The fraction of sp³-hybridized carbons (Fsp3) is 0.0526. The fourth-order valence-corrected chi connectivity index (χ4v) is 3.19. The van der Waals surface area contributed by atoms with E-state index in [0.29, 0.717) is 0 Å². The van der Waals surface area contributed by atoms with E-state index in [1.54, 1.807) is 0 Å². The van der Waals surface area contributed by atoms with Crippen molar-refractivity contribution in [2.75, 3.05) is 0 Å². The molecule has 21 heavy (non-hydrogen) atoms. The third-order valence-corrected chi connectivity index (χ3v) is 4.13.